The molecule has 0 spiro atoms. The second-order valence-electron chi connectivity index (χ2n) is 4.89. The smallest absolute Gasteiger partial charge is 0.323 e. The van der Waals surface area contributed by atoms with Crippen LogP contribution in [0.2, 0.25) is 15.3 Å². The fourth-order valence-corrected chi connectivity index (χ4v) is 2.63. The average molecular weight is 409 g/mol. The lowest BCUT2D eigenvalue weighted by Crippen LogP contribution is -2.06. The molecule has 0 radical (unpaired) electrons. The molecule has 130 valence electrons. The molecule has 3 heterocycles. The van der Waals surface area contributed by atoms with Crippen LogP contribution in [0.1, 0.15) is 11.5 Å². The van der Waals surface area contributed by atoms with Crippen molar-refractivity contribution >= 4 is 34.8 Å². The van der Waals surface area contributed by atoms with Crippen LogP contribution >= 0.6 is 34.8 Å². The van der Waals surface area contributed by atoms with Gasteiger partial charge in [0.15, 0.2) is 5.69 Å². The predicted molar refractivity (Wildman–Crippen MR) is 86.6 cm³/mol. The molecule has 0 saturated carbocycles. The Morgan fingerprint density at radius 1 is 0.960 bits per heavy atom. The van der Waals surface area contributed by atoms with E-state index >= 15 is 0 Å². The van der Waals surface area contributed by atoms with Crippen molar-refractivity contribution in [3.63, 3.8) is 0 Å². The van der Waals surface area contributed by atoms with Crippen molar-refractivity contribution in [2.24, 2.45) is 0 Å². The van der Waals surface area contributed by atoms with E-state index < -0.39 is 11.9 Å². The van der Waals surface area contributed by atoms with Crippen molar-refractivity contribution < 1.29 is 13.2 Å². The summed E-state index contributed by atoms with van der Waals surface area (Å²) in [7, 11) is 0. The van der Waals surface area contributed by atoms with Gasteiger partial charge in [-0.05, 0) is 12.1 Å². The molecule has 0 aromatic carbocycles. The van der Waals surface area contributed by atoms with Crippen LogP contribution in [0.5, 0.6) is 0 Å². The van der Waals surface area contributed by atoms with Gasteiger partial charge in [0, 0.05) is 24.2 Å². The van der Waals surface area contributed by atoms with E-state index in [1.165, 1.54) is 29.1 Å². The minimum Gasteiger partial charge on any atom is -0.323 e. The molecule has 0 aliphatic rings. The summed E-state index contributed by atoms with van der Waals surface area (Å²) in [4.78, 5) is 15.4. The van der Waals surface area contributed by atoms with Gasteiger partial charge in [0.1, 0.15) is 22.0 Å². The van der Waals surface area contributed by atoms with Gasteiger partial charge in [-0.2, -0.15) is 13.2 Å². The van der Waals surface area contributed by atoms with Crippen LogP contribution in [0.25, 0.3) is 11.4 Å². The molecule has 0 atom stereocenters. The number of imidazole rings is 1. The topological polar surface area (TPSA) is 56.5 Å². The van der Waals surface area contributed by atoms with Gasteiger partial charge >= 0.3 is 6.18 Å². The van der Waals surface area contributed by atoms with Gasteiger partial charge in [0.25, 0.3) is 0 Å². The van der Waals surface area contributed by atoms with Crippen molar-refractivity contribution in [2.45, 2.75) is 12.7 Å². The summed E-state index contributed by atoms with van der Waals surface area (Å²) in [5.74, 6) is 0.278. The maximum absolute atomic E-state index is 13.1. The summed E-state index contributed by atoms with van der Waals surface area (Å²) < 4.78 is 40.4. The summed E-state index contributed by atoms with van der Waals surface area (Å²) in [6.45, 7) is -0.0485. The SMILES string of the molecule is FC(F)(F)c1cn(Cc2ncc(Cl)cn2)c(-c2cc(Cl)nc(Cl)c2)n1. The second kappa shape index (κ2) is 6.78. The number of nitrogens with zero attached hydrogens (tertiary/aromatic N) is 5. The van der Waals surface area contributed by atoms with Crippen molar-refractivity contribution in [1.29, 1.82) is 0 Å². The highest BCUT2D eigenvalue weighted by Crippen LogP contribution is 2.32. The Bertz CT molecular complexity index is 889. The van der Waals surface area contributed by atoms with Gasteiger partial charge in [-0.15, -0.1) is 0 Å². The fraction of sp³-hybridized carbons (Fsp3) is 0.143. The molecule has 0 fully saturated rings. The average Bonchev–Trinajstić information content (AvgIpc) is 2.93. The highest BCUT2D eigenvalue weighted by atomic mass is 35.5. The Labute approximate surface area is 154 Å². The first-order valence-corrected chi connectivity index (χ1v) is 7.80. The Morgan fingerprint density at radius 2 is 1.56 bits per heavy atom. The highest BCUT2D eigenvalue weighted by molar-refractivity contribution is 6.32. The lowest BCUT2D eigenvalue weighted by atomic mass is 10.2. The minimum atomic E-state index is -4.61. The van der Waals surface area contributed by atoms with E-state index in [0.29, 0.717) is 5.02 Å². The van der Waals surface area contributed by atoms with E-state index in [-0.39, 0.29) is 34.1 Å². The van der Waals surface area contributed by atoms with Gasteiger partial charge in [0.2, 0.25) is 0 Å². The van der Waals surface area contributed by atoms with Gasteiger partial charge in [0.05, 0.1) is 11.6 Å². The van der Waals surface area contributed by atoms with E-state index in [9.17, 15) is 13.2 Å². The predicted octanol–water partition coefficient (Wildman–Crippen LogP) is 4.76. The maximum atomic E-state index is 13.1. The van der Waals surface area contributed by atoms with Crippen molar-refractivity contribution in [3.8, 4) is 11.4 Å². The van der Waals surface area contributed by atoms with Crippen molar-refractivity contribution in [2.75, 3.05) is 0 Å². The zero-order valence-corrected chi connectivity index (χ0v) is 14.4. The van der Waals surface area contributed by atoms with Crippen LogP contribution in [0.15, 0.2) is 30.7 Å². The van der Waals surface area contributed by atoms with Gasteiger partial charge in [-0.3, -0.25) is 0 Å². The number of aromatic nitrogens is 5. The summed E-state index contributed by atoms with van der Waals surface area (Å²) >= 11 is 17.4. The molecule has 3 rings (SSSR count). The number of rotatable bonds is 3. The number of hydrogen-bond acceptors (Lipinski definition) is 4. The fourth-order valence-electron chi connectivity index (χ4n) is 2.07. The standard InChI is InChI=1S/C14H7Cl3F3N5/c15-8-3-21-12(22-4-8)6-25-5-9(14(18,19)20)23-13(25)7-1-10(16)24-11(17)2-7/h1-5H,6H2. The normalized spacial score (nSPS) is 11.8. The Hall–Kier alpha value is -1.90. The van der Waals surface area contributed by atoms with Gasteiger partial charge in [-0.1, -0.05) is 34.8 Å². The van der Waals surface area contributed by atoms with Crippen LogP contribution < -0.4 is 0 Å². The van der Waals surface area contributed by atoms with Crippen LogP contribution in [0.3, 0.4) is 0 Å². The second-order valence-corrected chi connectivity index (χ2v) is 6.11. The molecule has 0 amide bonds. The van der Waals surface area contributed by atoms with Crippen LogP contribution in [-0.2, 0) is 12.7 Å². The summed E-state index contributed by atoms with van der Waals surface area (Å²) in [6, 6.07) is 2.74. The molecule has 25 heavy (non-hydrogen) atoms. The first kappa shape index (κ1) is 17.9. The third-order valence-electron chi connectivity index (χ3n) is 3.07. The Balaban J connectivity index is 2.09. The monoisotopic (exact) mass is 407 g/mol. The minimum absolute atomic E-state index is 0.0112. The molecular formula is C14H7Cl3F3N5. The third kappa shape index (κ3) is 4.20. The molecule has 0 aliphatic carbocycles. The van der Waals surface area contributed by atoms with Crippen molar-refractivity contribution in [3.05, 3.63) is 57.6 Å². The van der Waals surface area contributed by atoms with Crippen molar-refractivity contribution in [1.82, 2.24) is 24.5 Å². The maximum Gasteiger partial charge on any atom is 0.434 e. The van der Waals surface area contributed by atoms with E-state index in [1.54, 1.807) is 0 Å². The molecular weight excluding hydrogens is 402 g/mol. The molecule has 0 saturated heterocycles. The molecule has 0 aliphatic heterocycles. The molecule has 0 bridgehead atoms. The molecule has 11 heteroatoms. The van der Waals surface area contributed by atoms with Gasteiger partial charge < -0.3 is 4.57 Å². The zero-order chi connectivity index (χ0) is 18.2. The lowest BCUT2D eigenvalue weighted by Gasteiger charge is -2.07. The Morgan fingerprint density at radius 3 is 2.12 bits per heavy atom. The van der Waals surface area contributed by atoms with Gasteiger partial charge in [-0.25, -0.2) is 19.9 Å². The summed E-state index contributed by atoms with van der Waals surface area (Å²) in [5.41, 5.74) is -0.769. The first-order chi connectivity index (χ1) is 11.7. The Kier molecular flexibility index (Phi) is 4.86. The van der Waals surface area contributed by atoms with Crippen LogP contribution in [0, 0.1) is 0 Å². The number of hydrogen-bond donors (Lipinski definition) is 0. The molecule has 5 nitrogen and oxygen atoms in total. The summed E-state index contributed by atoms with van der Waals surface area (Å²) in [6.07, 6.45) is -1.03. The van der Waals surface area contributed by atoms with E-state index in [0.717, 1.165) is 6.20 Å². The third-order valence-corrected chi connectivity index (χ3v) is 3.66. The molecule has 3 aromatic rings. The van der Waals surface area contributed by atoms with E-state index in [2.05, 4.69) is 19.9 Å². The van der Waals surface area contributed by atoms with E-state index in [4.69, 9.17) is 34.8 Å². The largest absolute Gasteiger partial charge is 0.434 e. The number of halogens is 6. The molecule has 0 unspecified atom stereocenters. The van der Waals surface area contributed by atoms with Crippen LogP contribution in [0.4, 0.5) is 13.2 Å². The van der Waals surface area contributed by atoms with Crippen LogP contribution in [-0.4, -0.2) is 24.5 Å². The number of alkyl halides is 3. The summed E-state index contributed by atoms with van der Waals surface area (Å²) in [5, 5.41) is 0.389. The molecule has 0 N–H and O–H groups in total. The van der Waals surface area contributed by atoms with E-state index in [1.807, 2.05) is 0 Å². The first-order valence-electron chi connectivity index (χ1n) is 6.66. The lowest BCUT2D eigenvalue weighted by molar-refractivity contribution is -0.140. The zero-order valence-electron chi connectivity index (χ0n) is 12.1. The quantitative estimate of drug-likeness (QED) is 0.586. The number of pyridine rings is 1. The molecule has 3 aromatic heterocycles. The highest BCUT2D eigenvalue weighted by Gasteiger charge is 2.35.